The second-order valence-electron chi connectivity index (χ2n) is 10.8. The van der Waals surface area contributed by atoms with E-state index in [1.54, 1.807) is 30.4 Å². The highest BCUT2D eigenvalue weighted by Gasteiger charge is 2.57. The zero-order valence-corrected chi connectivity index (χ0v) is 30.1. The van der Waals surface area contributed by atoms with Crippen molar-refractivity contribution in [2.45, 2.75) is 56.9 Å². The van der Waals surface area contributed by atoms with Crippen LogP contribution in [0.25, 0.3) is 10.4 Å². The number of fused-ring (bicyclic) bond motifs is 2. The quantitative estimate of drug-likeness (QED) is 0.0645. The largest absolute Gasteiger partial charge is 0.496 e. The van der Waals surface area contributed by atoms with Gasteiger partial charge in [-0.05, 0) is 82.8 Å². The predicted octanol–water partition coefficient (Wildman–Crippen LogP) is 4.22. The molecule has 0 spiro atoms. The Balaban J connectivity index is 0.000000210. The van der Waals surface area contributed by atoms with Crippen LogP contribution in [0.15, 0.2) is 57.5 Å². The summed E-state index contributed by atoms with van der Waals surface area (Å²) in [6, 6.07) is 4.83. The maximum atomic E-state index is 12.2. The molecule has 1 aromatic carbocycles. The summed E-state index contributed by atoms with van der Waals surface area (Å²) >= 11 is 4.35. The lowest BCUT2D eigenvalue weighted by Crippen LogP contribution is -2.36. The number of azide groups is 1. The third-order valence-electron chi connectivity index (χ3n) is 8.18. The number of halogens is 2. The van der Waals surface area contributed by atoms with Crippen LogP contribution in [0.2, 0.25) is 0 Å². The number of ether oxygens (including phenoxy) is 4. The minimum absolute atomic E-state index is 0.145. The molecule has 250 valence electrons. The van der Waals surface area contributed by atoms with Gasteiger partial charge in [-0.1, -0.05) is 29.9 Å². The van der Waals surface area contributed by atoms with Gasteiger partial charge in [0.25, 0.3) is 0 Å². The molecule has 1 N–H and O–H groups in total. The van der Waals surface area contributed by atoms with Gasteiger partial charge in [0, 0.05) is 17.0 Å². The van der Waals surface area contributed by atoms with E-state index in [1.807, 2.05) is 44.2 Å². The first kappa shape index (κ1) is 36.4. The highest BCUT2D eigenvalue weighted by atomic mass is 127. The molecule has 0 amide bonds. The Hall–Kier alpha value is -2.45. The molecule has 0 aromatic heterocycles. The first-order chi connectivity index (χ1) is 22.1. The number of hydrogen-bond donors (Lipinski definition) is 1. The summed E-state index contributed by atoms with van der Waals surface area (Å²) < 4.78 is 23.3. The number of esters is 2. The summed E-state index contributed by atoms with van der Waals surface area (Å²) in [6.07, 6.45) is 4.00. The predicted molar refractivity (Wildman–Crippen MR) is 182 cm³/mol. The van der Waals surface area contributed by atoms with Crippen LogP contribution in [-0.2, 0) is 40.0 Å². The van der Waals surface area contributed by atoms with Crippen LogP contribution in [0.5, 0.6) is 5.75 Å². The monoisotopic (exact) mass is 865 g/mol. The van der Waals surface area contributed by atoms with E-state index < -0.39 is 18.2 Å². The SMILES string of the molecule is C=C/C=C(I)\C(=C\CN1O[C@@H](CO)[C@H]2[C@H](C)OC(=O)[C@H]21)OC.COc1c(I)cccc1CN1O[C@@H](CN=[N+]=[N-])[C@H]2[C@H](C)OC(=O)[C@H]21. The van der Waals surface area contributed by atoms with E-state index in [-0.39, 0.29) is 55.2 Å². The zero-order valence-electron chi connectivity index (χ0n) is 25.8. The minimum atomic E-state index is -0.499. The highest BCUT2D eigenvalue weighted by Crippen LogP contribution is 2.40. The van der Waals surface area contributed by atoms with E-state index in [2.05, 4.69) is 61.8 Å². The van der Waals surface area contributed by atoms with E-state index in [9.17, 15) is 14.7 Å². The van der Waals surface area contributed by atoms with Crippen LogP contribution in [0.3, 0.4) is 0 Å². The van der Waals surface area contributed by atoms with Gasteiger partial charge in [-0.2, -0.15) is 10.1 Å². The summed E-state index contributed by atoms with van der Waals surface area (Å²) in [5.74, 6) is 0.512. The van der Waals surface area contributed by atoms with Crippen molar-refractivity contribution in [3.8, 4) is 5.75 Å². The maximum Gasteiger partial charge on any atom is 0.326 e. The Morgan fingerprint density at radius 1 is 1.11 bits per heavy atom. The van der Waals surface area contributed by atoms with Gasteiger partial charge < -0.3 is 24.1 Å². The minimum Gasteiger partial charge on any atom is -0.496 e. The summed E-state index contributed by atoms with van der Waals surface area (Å²) in [5, 5.41) is 16.2. The number of allylic oxidation sites excluding steroid dienone is 3. The Morgan fingerprint density at radius 2 is 1.74 bits per heavy atom. The number of hydrogen-bond acceptors (Lipinski definition) is 12. The first-order valence-electron chi connectivity index (χ1n) is 14.5. The standard InChI is InChI=1S/C15H17IN4O4.C15H20INO5/c1-8-12-11(6-18-19-17)24-20(13(12)15(21)23-8)7-9-4-3-5-10(16)14(9)22-2;1-4-5-10(16)11(20-3)6-7-17-14-13(12(8-18)22-17)9(2)21-15(14)19/h3-5,8,11-13H,6-7H2,1-2H3;4-6,9,12-14,18H,1,7-8H2,2-3H3/b;10-5+,11-6-/t8-,11-,12+,13-;9-,12-,13+,14-/m00/s1. The van der Waals surface area contributed by atoms with Crippen molar-refractivity contribution in [3.05, 3.63) is 71.9 Å². The highest BCUT2D eigenvalue weighted by molar-refractivity contribution is 14.1. The number of rotatable bonds is 11. The molecular formula is C30H37I2N5O9. The smallest absolute Gasteiger partial charge is 0.326 e. The molecule has 0 saturated carbocycles. The Morgan fingerprint density at radius 3 is 2.33 bits per heavy atom. The number of methoxy groups -OCH3 is 2. The molecule has 4 aliphatic rings. The van der Waals surface area contributed by atoms with Gasteiger partial charge in [0.05, 0.1) is 59.0 Å². The van der Waals surface area contributed by atoms with Crippen molar-refractivity contribution in [1.29, 1.82) is 0 Å². The van der Waals surface area contributed by atoms with E-state index in [0.29, 0.717) is 18.8 Å². The van der Waals surface area contributed by atoms with E-state index >= 15 is 0 Å². The van der Waals surface area contributed by atoms with Crippen LogP contribution in [0.4, 0.5) is 0 Å². The van der Waals surface area contributed by atoms with Gasteiger partial charge in [-0.25, -0.2) is 0 Å². The second kappa shape index (κ2) is 16.6. The molecule has 4 saturated heterocycles. The zero-order chi connectivity index (χ0) is 33.5. The van der Waals surface area contributed by atoms with E-state index in [1.165, 1.54) is 0 Å². The van der Waals surface area contributed by atoms with Crippen LogP contribution >= 0.6 is 45.2 Å². The molecule has 1 aromatic rings. The van der Waals surface area contributed by atoms with Gasteiger partial charge in [-0.15, -0.1) is 0 Å². The average Bonchev–Trinajstić information content (AvgIpc) is 3.75. The Labute approximate surface area is 294 Å². The topological polar surface area (TPSA) is 165 Å². The number of benzene rings is 1. The van der Waals surface area contributed by atoms with Crippen LogP contribution in [-0.4, -0.2) is 97.6 Å². The van der Waals surface area contributed by atoms with E-state index in [0.717, 1.165) is 18.5 Å². The molecule has 0 bridgehead atoms. The molecule has 14 nitrogen and oxygen atoms in total. The van der Waals surface area contributed by atoms with Gasteiger partial charge in [0.15, 0.2) is 0 Å². The molecule has 8 atom stereocenters. The molecule has 16 heteroatoms. The summed E-state index contributed by atoms with van der Waals surface area (Å²) in [4.78, 5) is 38.6. The molecule has 5 rings (SSSR count). The second-order valence-corrected chi connectivity index (χ2v) is 13.2. The first-order valence-corrected chi connectivity index (χ1v) is 16.7. The number of carbonyl (C=O) groups excluding carboxylic acids is 2. The lowest BCUT2D eigenvalue weighted by atomic mass is 9.92. The number of hydroxylamine groups is 4. The Kier molecular flexibility index (Phi) is 13.1. The fourth-order valence-electron chi connectivity index (χ4n) is 6.17. The van der Waals surface area contributed by atoms with Crippen molar-refractivity contribution < 1.29 is 43.3 Å². The van der Waals surface area contributed by atoms with Gasteiger partial charge in [-0.3, -0.25) is 19.3 Å². The fraction of sp³-hybridized carbons (Fsp3) is 0.533. The fourth-order valence-corrected chi connectivity index (χ4v) is 7.64. The lowest BCUT2D eigenvalue weighted by molar-refractivity contribution is -0.188. The molecule has 4 aliphatic heterocycles. The molecule has 0 radical (unpaired) electrons. The van der Waals surface area contributed by atoms with Crippen molar-refractivity contribution in [3.63, 3.8) is 0 Å². The number of carbonyl (C=O) groups is 2. The van der Waals surface area contributed by atoms with Crippen molar-refractivity contribution in [2.24, 2.45) is 17.0 Å². The molecule has 4 fully saturated rings. The summed E-state index contributed by atoms with van der Waals surface area (Å²) in [7, 11) is 3.20. The molecule has 0 unspecified atom stereocenters. The maximum absolute atomic E-state index is 12.2. The third kappa shape index (κ3) is 7.81. The normalized spacial score (nSPS) is 30.8. The van der Waals surface area contributed by atoms with Crippen LogP contribution in [0, 0.1) is 15.4 Å². The molecule has 0 aliphatic carbocycles. The van der Waals surface area contributed by atoms with Crippen LogP contribution in [0.1, 0.15) is 19.4 Å². The van der Waals surface area contributed by atoms with Gasteiger partial charge in [0.2, 0.25) is 0 Å². The lowest BCUT2D eigenvalue weighted by Gasteiger charge is -2.21. The van der Waals surface area contributed by atoms with Crippen molar-refractivity contribution >= 4 is 57.1 Å². The third-order valence-corrected chi connectivity index (χ3v) is 9.92. The molecule has 46 heavy (non-hydrogen) atoms. The number of para-hydroxylation sites is 1. The molecule has 4 heterocycles. The molecular weight excluding hydrogens is 828 g/mol. The van der Waals surface area contributed by atoms with Gasteiger partial charge in [0.1, 0.15) is 41.9 Å². The van der Waals surface area contributed by atoms with Crippen molar-refractivity contribution in [1.82, 2.24) is 10.1 Å². The number of aliphatic hydroxyl groups excluding tert-OH is 1. The average molecular weight is 865 g/mol. The Bertz CT molecular complexity index is 1400. The number of cyclic esters (lactones) is 2. The van der Waals surface area contributed by atoms with Crippen LogP contribution < -0.4 is 4.74 Å². The number of aliphatic hydroxyl groups is 1. The van der Waals surface area contributed by atoms with E-state index in [4.69, 9.17) is 34.2 Å². The van der Waals surface area contributed by atoms with Gasteiger partial charge >= 0.3 is 11.9 Å². The number of nitrogens with zero attached hydrogens (tertiary/aromatic N) is 5. The van der Waals surface area contributed by atoms with Crippen molar-refractivity contribution in [2.75, 3.05) is 33.9 Å². The summed E-state index contributed by atoms with van der Waals surface area (Å²) in [6.45, 7) is 8.08. The summed E-state index contributed by atoms with van der Waals surface area (Å²) in [5.41, 5.74) is 9.48.